The number of aromatic nitrogens is 1. The lowest BCUT2D eigenvalue weighted by molar-refractivity contribution is -0.132. The van der Waals surface area contributed by atoms with E-state index in [1.54, 1.807) is 0 Å². The molecule has 1 amide bonds. The standard InChI is InChI=1S/C22H29N3O2/c1-2-20-21-6-5-13-23(21)14-15-25(20)16-18-7-9-19(10-8-18)27-17-22(26)24-11-3-4-12-24/h5-10,13,20H,2-4,11-12,14-17H2,1H3. The van der Waals surface area contributed by atoms with Crippen molar-refractivity contribution in [1.29, 1.82) is 0 Å². The van der Waals surface area contributed by atoms with Crippen molar-refractivity contribution in [2.45, 2.75) is 45.3 Å². The molecule has 5 heteroatoms. The summed E-state index contributed by atoms with van der Waals surface area (Å²) >= 11 is 0. The summed E-state index contributed by atoms with van der Waals surface area (Å²) in [6.07, 6.45) is 5.52. The Morgan fingerprint density at radius 2 is 1.85 bits per heavy atom. The molecule has 1 aromatic heterocycles. The van der Waals surface area contributed by atoms with Crippen molar-refractivity contribution in [3.8, 4) is 5.75 Å². The van der Waals surface area contributed by atoms with Gasteiger partial charge in [-0.15, -0.1) is 0 Å². The van der Waals surface area contributed by atoms with E-state index in [1.165, 1.54) is 11.3 Å². The quantitative estimate of drug-likeness (QED) is 0.785. The van der Waals surface area contributed by atoms with Crippen LogP contribution in [0.25, 0.3) is 0 Å². The fourth-order valence-corrected chi connectivity index (χ4v) is 4.30. The van der Waals surface area contributed by atoms with Gasteiger partial charge in [-0.1, -0.05) is 19.1 Å². The van der Waals surface area contributed by atoms with Crippen LogP contribution in [0.15, 0.2) is 42.6 Å². The molecule has 1 saturated heterocycles. The second-order valence-corrected chi connectivity index (χ2v) is 7.54. The number of hydrogen-bond acceptors (Lipinski definition) is 3. The van der Waals surface area contributed by atoms with E-state index in [-0.39, 0.29) is 12.5 Å². The maximum absolute atomic E-state index is 12.1. The fraction of sp³-hybridized carbons (Fsp3) is 0.500. The van der Waals surface area contributed by atoms with E-state index in [1.807, 2.05) is 17.0 Å². The number of fused-ring (bicyclic) bond motifs is 1. The molecule has 1 atom stereocenters. The van der Waals surface area contributed by atoms with E-state index < -0.39 is 0 Å². The molecule has 27 heavy (non-hydrogen) atoms. The van der Waals surface area contributed by atoms with E-state index >= 15 is 0 Å². The number of ether oxygens (including phenoxy) is 1. The largest absolute Gasteiger partial charge is 0.484 e. The minimum Gasteiger partial charge on any atom is -0.484 e. The van der Waals surface area contributed by atoms with Gasteiger partial charge in [-0.25, -0.2) is 0 Å². The SMILES string of the molecule is CCC1c2cccn2CCN1Cc1ccc(OCC(=O)N2CCCC2)cc1. The molecule has 5 nitrogen and oxygen atoms in total. The average Bonchev–Trinajstić information content (AvgIpc) is 3.39. The molecule has 2 aliphatic rings. The fourth-order valence-electron chi connectivity index (χ4n) is 4.30. The van der Waals surface area contributed by atoms with Crippen molar-refractivity contribution >= 4 is 5.91 Å². The molecule has 0 aliphatic carbocycles. The molecule has 0 saturated carbocycles. The van der Waals surface area contributed by atoms with Crippen LogP contribution in [0.4, 0.5) is 0 Å². The molecule has 4 rings (SSSR count). The number of benzene rings is 1. The highest BCUT2D eigenvalue weighted by molar-refractivity contribution is 5.78. The molecule has 3 heterocycles. The van der Waals surface area contributed by atoms with Gasteiger partial charge in [-0.2, -0.15) is 0 Å². The molecular weight excluding hydrogens is 338 g/mol. The molecule has 144 valence electrons. The summed E-state index contributed by atoms with van der Waals surface area (Å²) in [5.74, 6) is 0.865. The first kappa shape index (κ1) is 18.1. The van der Waals surface area contributed by atoms with Gasteiger partial charge in [0.15, 0.2) is 6.61 Å². The van der Waals surface area contributed by atoms with Gasteiger partial charge in [0.1, 0.15) is 5.75 Å². The molecule has 1 aromatic carbocycles. The number of carbonyl (C=O) groups is 1. The van der Waals surface area contributed by atoms with Crippen molar-refractivity contribution in [3.05, 3.63) is 53.9 Å². The predicted octanol–water partition coefficient (Wildman–Crippen LogP) is 3.46. The zero-order valence-electron chi connectivity index (χ0n) is 16.1. The number of likely N-dealkylation sites (tertiary alicyclic amines) is 1. The van der Waals surface area contributed by atoms with Crippen LogP contribution in [0, 0.1) is 0 Å². The molecule has 0 spiro atoms. The zero-order valence-corrected chi connectivity index (χ0v) is 16.1. The summed E-state index contributed by atoms with van der Waals surface area (Å²) in [4.78, 5) is 16.5. The van der Waals surface area contributed by atoms with Gasteiger partial charge in [0, 0.05) is 44.6 Å². The van der Waals surface area contributed by atoms with Crippen molar-refractivity contribution in [1.82, 2.24) is 14.4 Å². The molecule has 1 unspecified atom stereocenters. The van der Waals surface area contributed by atoms with Gasteiger partial charge >= 0.3 is 0 Å². The van der Waals surface area contributed by atoms with E-state index in [9.17, 15) is 4.79 Å². The third kappa shape index (κ3) is 4.03. The predicted molar refractivity (Wildman–Crippen MR) is 106 cm³/mol. The van der Waals surface area contributed by atoms with E-state index in [4.69, 9.17) is 4.74 Å². The normalized spacial score (nSPS) is 19.9. The minimum absolute atomic E-state index is 0.0960. The summed E-state index contributed by atoms with van der Waals surface area (Å²) in [5, 5.41) is 0. The monoisotopic (exact) mass is 367 g/mol. The summed E-state index contributed by atoms with van der Waals surface area (Å²) in [6, 6.07) is 13.1. The van der Waals surface area contributed by atoms with Crippen molar-refractivity contribution in [2.75, 3.05) is 26.2 Å². The number of hydrogen-bond donors (Lipinski definition) is 0. The molecule has 0 radical (unpaired) electrons. The van der Waals surface area contributed by atoms with Crippen LogP contribution in [0.2, 0.25) is 0 Å². The maximum Gasteiger partial charge on any atom is 0.260 e. The maximum atomic E-state index is 12.1. The lowest BCUT2D eigenvalue weighted by atomic mass is 10.1. The van der Waals surface area contributed by atoms with E-state index in [0.29, 0.717) is 6.04 Å². The van der Waals surface area contributed by atoms with Gasteiger partial charge < -0.3 is 14.2 Å². The Morgan fingerprint density at radius 1 is 1.07 bits per heavy atom. The van der Waals surface area contributed by atoms with Gasteiger partial charge in [0.05, 0.1) is 6.04 Å². The second kappa shape index (κ2) is 8.17. The van der Waals surface area contributed by atoms with Gasteiger partial charge in [0.2, 0.25) is 0 Å². The van der Waals surface area contributed by atoms with Crippen LogP contribution in [0.1, 0.15) is 43.5 Å². The Balaban J connectivity index is 1.33. The average molecular weight is 367 g/mol. The topological polar surface area (TPSA) is 37.7 Å². The van der Waals surface area contributed by atoms with Crippen molar-refractivity contribution in [2.24, 2.45) is 0 Å². The van der Waals surface area contributed by atoms with Crippen LogP contribution < -0.4 is 4.74 Å². The summed E-state index contributed by atoms with van der Waals surface area (Å²) < 4.78 is 8.07. The third-order valence-electron chi connectivity index (χ3n) is 5.79. The summed E-state index contributed by atoms with van der Waals surface area (Å²) in [7, 11) is 0. The number of nitrogens with zero attached hydrogens (tertiary/aromatic N) is 3. The first-order valence-electron chi connectivity index (χ1n) is 10.1. The van der Waals surface area contributed by atoms with Gasteiger partial charge in [0.25, 0.3) is 5.91 Å². The Morgan fingerprint density at radius 3 is 2.59 bits per heavy atom. The molecule has 2 aromatic rings. The Kier molecular flexibility index (Phi) is 5.48. The summed E-state index contributed by atoms with van der Waals surface area (Å²) in [5.41, 5.74) is 2.70. The van der Waals surface area contributed by atoms with Crippen LogP contribution in [0.3, 0.4) is 0 Å². The van der Waals surface area contributed by atoms with Crippen LogP contribution >= 0.6 is 0 Å². The van der Waals surface area contributed by atoms with Crippen LogP contribution in [0.5, 0.6) is 5.75 Å². The second-order valence-electron chi connectivity index (χ2n) is 7.54. The Hall–Kier alpha value is -2.27. The third-order valence-corrected chi connectivity index (χ3v) is 5.79. The first-order valence-corrected chi connectivity index (χ1v) is 10.1. The smallest absolute Gasteiger partial charge is 0.260 e. The first-order chi connectivity index (χ1) is 13.2. The van der Waals surface area contributed by atoms with E-state index in [2.05, 4.69) is 46.9 Å². The highest BCUT2D eigenvalue weighted by Gasteiger charge is 2.25. The molecule has 0 N–H and O–H groups in total. The van der Waals surface area contributed by atoms with Gasteiger partial charge in [-0.05, 0) is 49.1 Å². The van der Waals surface area contributed by atoms with E-state index in [0.717, 1.165) is 57.7 Å². The molecule has 0 bridgehead atoms. The number of carbonyl (C=O) groups excluding carboxylic acids is 1. The summed E-state index contributed by atoms with van der Waals surface area (Å²) in [6.45, 7) is 7.21. The minimum atomic E-state index is 0.0960. The Bertz CT molecular complexity index is 762. The number of amides is 1. The lowest BCUT2D eigenvalue weighted by Gasteiger charge is -2.36. The number of rotatable bonds is 6. The molecule has 2 aliphatic heterocycles. The lowest BCUT2D eigenvalue weighted by Crippen LogP contribution is -2.37. The highest BCUT2D eigenvalue weighted by Crippen LogP contribution is 2.30. The van der Waals surface area contributed by atoms with Crippen molar-refractivity contribution in [3.63, 3.8) is 0 Å². The Labute approximate surface area is 161 Å². The molecule has 1 fully saturated rings. The van der Waals surface area contributed by atoms with Crippen molar-refractivity contribution < 1.29 is 9.53 Å². The van der Waals surface area contributed by atoms with Crippen LogP contribution in [-0.4, -0.2) is 46.5 Å². The highest BCUT2D eigenvalue weighted by atomic mass is 16.5. The zero-order chi connectivity index (χ0) is 18.6. The van der Waals surface area contributed by atoms with Crippen LogP contribution in [-0.2, 0) is 17.9 Å². The molecular formula is C22H29N3O2. The van der Waals surface area contributed by atoms with Gasteiger partial charge in [-0.3, -0.25) is 9.69 Å².